The van der Waals surface area contributed by atoms with Crippen molar-refractivity contribution in [3.05, 3.63) is 24.0 Å². The largest absolute Gasteiger partial charge is 0.350 e. The van der Waals surface area contributed by atoms with Crippen molar-refractivity contribution in [1.82, 2.24) is 9.47 Å². The van der Waals surface area contributed by atoms with Gasteiger partial charge in [0.15, 0.2) is 0 Å². The fourth-order valence-electron chi connectivity index (χ4n) is 2.27. The fourth-order valence-corrected chi connectivity index (χ4v) is 2.27. The molecule has 1 aliphatic heterocycles. The molecule has 2 rings (SSSR count). The molecule has 3 heteroatoms. The molecule has 1 atom stereocenters. The third-order valence-electron chi connectivity index (χ3n) is 3.08. The lowest BCUT2D eigenvalue weighted by atomic mass is 10.1. The quantitative estimate of drug-likeness (QED) is 0.774. The van der Waals surface area contributed by atoms with Gasteiger partial charge in [0, 0.05) is 31.5 Å². The average molecular weight is 193 g/mol. The number of nitrogens with two attached hydrogens (primary N) is 1. The van der Waals surface area contributed by atoms with Gasteiger partial charge in [-0.1, -0.05) is 0 Å². The predicted molar refractivity (Wildman–Crippen MR) is 57.9 cm³/mol. The van der Waals surface area contributed by atoms with Crippen LogP contribution in [-0.2, 0) is 13.1 Å². The molecule has 1 saturated heterocycles. The zero-order valence-electron chi connectivity index (χ0n) is 8.82. The number of aromatic nitrogens is 1. The molecule has 3 nitrogen and oxygen atoms in total. The van der Waals surface area contributed by atoms with Gasteiger partial charge < -0.3 is 15.2 Å². The molecule has 0 radical (unpaired) electrons. The van der Waals surface area contributed by atoms with Crippen LogP contribution in [-0.4, -0.2) is 29.6 Å². The second kappa shape index (κ2) is 4.15. The summed E-state index contributed by atoms with van der Waals surface area (Å²) in [6.07, 6.45) is 3.46. The van der Waals surface area contributed by atoms with Crippen molar-refractivity contribution in [2.24, 2.45) is 11.7 Å². The van der Waals surface area contributed by atoms with Crippen LogP contribution in [0.5, 0.6) is 0 Å². The lowest BCUT2D eigenvalue weighted by Gasteiger charge is -2.13. The smallest absolute Gasteiger partial charge is 0.0334 e. The van der Waals surface area contributed by atoms with E-state index in [1.165, 1.54) is 25.2 Å². The van der Waals surface area contributed by atoms with Gasteiger partial charge in [0.2, 0.25) is 0 Å². The Bertz CT molecular complexity index is 292. The van der Waals surface area contributed by atoms with Gasteiger partial charge in [0.05, 0.1) is 0 Å². The minimum Gasteiger partial charge on any atom is -0.350 e. The van der Waals surface area contributed by atoms with E-state index in [9.17, 15) is 0 Å². The third kappa shape index (κ3) is 1.99. The minimum atomic E-state index is 0.648. The Hall–Kier alpha value is -0.800. The van der Waals surface area contributed by atoms with E-state index in [1.807, 2.05) is 0 Å². The monoisotopic (exact) mass is 193 g/mol. The zero-order valence-corrected chi connectivity index (χ0v) is 8.82. The van der Waals surface area contributed by atoms with E-state index in [0.29, 0.717) is 6.54 Å². The Morgan fingerprint density at radius 1 is 1.57 bits per heavy atom. The Morgan fingerprint density at radius 3 is 3.07 bits per heavy atom. The molecule has 1 aromatic rings. The van der Waals surface area contributed by atoms with Crippen LogP contribution in [0.2, 0.25) is 0 Å². The van der Waals surface area contributed by atoms with Crippen LogP contribution in [0, 0.1) is 5.92 Å². The third-order valence-corrected chi connectivity index (χ3v) is 3.08. The summed E-state index contributed by atoms with van der Waals surface area (Å²) in [6.45, 7) is 4.24. The molecule has 0 spiro atoms. The molecular formula is C11H19N3. The predicted octanol–water partition coefficient (Wildman–Crippen LogP) is 0.899. The molecule has 1 unspecified atom stereocenters. The van der Waals surface area contributed by atoms with Crippen molar-refractivity contribution in [1.29, 1.82) is 0 Å². The van der Waals surface area contributed by atoms with Crippen LogP contribution >= 0.6 is 0 Å². The Labute approximate surface area is 85.5 Å². The number of hydrogen-bond acceptors (Lipinski definition) is 2. The van der Waals surface area contributed by atoms with E-state index in [0.717, 1.165) is 12.5 Å². The second-order valence-corrected chi connectivity index (χ2v) is 4.27. The molecule has 14 heavy (non-hydrogen) atoms. The number of likely N-dealkylation sites (tertiary alicyclic amines) is 1. The maximum absolute atomic E-state index is 5.67. The van der Waals surface area contributed by atoms with Crippen LogP contribution in [0.4, 0.5) is 0 Å². The summed E-state index contributed by atoms with van der Waals surface area (Å²) in [7, 11) is 2.19. The van der Waals surface area contributed by atoms with E-state index in [2.05, 4.69) is 34.8 Å². The van der Waals surface area contributed by atoms with Crippen molar-refractivity contribution in [3.63, 3.8) is 0 Å². The summed E-state index contributed by atoms with van der Waals surface area (Å²) >= 11 is 0. The van der Waals surface area contributed by atoms with E-state index in [4.69, 9.17) is 5.73 Å². The van der Waals surface area contributed by atoms with E-state index in [1.54, 1.807) is 0 Å². The van der Waals surface area contributed by atoms with Crippen molar-refractivity contribution < 1.29 is 0 Å². The molecule has 0 amide bonds. The first-order chi connectivity index (χ1) is 6.79. The highest BCUT2D eigenvalue weighted by Gasteiger charge is 2.19. The van der Waals surface area contributed by atoms with Gasteiger partial charge in [-0.25, -0.2) is 0 Å². The second-order valence-electron chi connectivity index (χ2n) is 4.27. The number of rotatable bonds is 3. The van der Waals surface area contributed by atoms with E-state index < -0.39 is 0 Å². The highest BCUT2D eigenvalue weighted by molar-refractivity contribution is 5.06. The highest BCUT2D eigenvalue weighted by atomic mass is 15.1. The van der Waals surface area contributed by atoms with Crippen molar-refractivity contribution in [2.45, 2.75) is 19.5 Å². The van der Waals surface area contributed by atoms with Crippen LogP contribution in [0.1, 0.15) is 12.1 Å². The molecule has 1 aliphatic rings. The number of nitrogens with zero attached hydrogens (tertiary/aromatic N) is 2. The lowest BCUT2D eigenvalue weighted by Crippen LogP contribution is -2.18. The zero-order chi connectivity index (χ0) is 9.97. The molecule has 0 aromatic carbocycles. The van der Waals surface area contributed by atoms with Gasteiger partial charge >= 0.3 is 0 Å². The van der Waals surface area contributed by atoms with Gasteiger partial charge in [-0.2, -0.15) is 0 Å². The van der Waals surface area contributed by atoms with Crippen LogP contribution in [0.25, 0.3) is 0 Å². The minimum absolute atomic E-state index is 0.648. The molecule has 0 bridgehead atoms. The normalized spacial score (nSPS) is 23.1. The molecular weight excluding hydrogens is 174 g/mol. The van der Waals surface area contributed by atoms with Crippen LogP contribution in [0.15, 0.2) is 18.3 Å². The molecule has 1 fully saturated rings. The lowest BCUT2D eigenvalue weighted by molar-refractivity contribution is 0.376. The topological polar surface area (TPSA) is 34.2 Å². The molecule has 1 aromatic heterocycles. The summed E-state index contributed by atoms with van der Waals surface area (Å²) in [5, 5.41) is 0. The first-order valence-corrected chi connectivity index (χ1v) is 5.32. The highest BCUT2D eigenvalue weighted by Crippen LogP contribution is 2.17. The summed E-state index contributed by atoms with van der Waals surface area (Å²) in [5.41, 5.74) is 6.91. The Morgan fingerprint density at radius 2 is 2.43 bits per heavy atom. The van der Waals surface area contributed by atoms with Crippen molar-refractivity contribution in [2.75, 3.05) is 20.1 Å². The van der Waals surface area contributed by atoms with Crippen LogP contribution in [0.3, 0.4) is 0 Å². The molecule has 0 aliphatic carbocycles. The number of hydrogen-bond donors (Lipinski definition) is 1. The first kappa shape index (κ1) is 9.74. The van der Waals surface area contributed by atoms with E-state index >= 15 is 0 Å². The van der Waals surface area contributed by atoms with Crippen LogP contribution < -0.4 is 5.73 Å². The van der Waals surface area contributed by atoms with Gasteiger partial charge in [-0.05, 0) is 38.1 Å². The Kier molecular flexibility index (Phi) is 2.89. The summed E-state index contributed by atoms with van der Waals surface area (Å²) in [5.74, 6) is 0.803. The summed E-state index contributed by atoms with van der Waals surface area (Å²) in [4.78, 5) is 2.40. The van der Waals surface area contributed by atoms with Gasteiger partial charge in [-0.3, -0.25) is 0 Å². The van der Waals surface area contributed by atoms with E-state index in [-0.39, 0.29) is 0 Å². The molecule has 2 N–H and O–H groups in total. The standard InChI is InChI=1S/C11H19N3/c1-13-6-4-10(8-13)9-14-5-2-3-11(14)7-12/h2-3,5,10H,4,6-9,12H2,1H3. The maximum Gasteiger partial charge on any atom is 0.0334 e. The molecule has 2 heterocycles. The summed E-state index contributed by atoms with van der Waals surface area (Å²) in [6, 6.07) is 4.19. The van der Waals surface area contributed by atoms with Gasteiger partial charge in [0.1, 0.15) is 0 Å². The van der Waals surface area contributed by atoms with Crippen molar-refractivity contribution in [3.8, 4) is 0 Å². The average Bonchev–Trinajstić information content (AvgIpc) is 2.76. The Balaban J connectivity index is 1.97. The fraction of sp³-hybridized carbons (Fsp3) is 0.636. The summed E-state index contributed by atoms with van der Waals surface area (Å²) < 4.78 is 2.30. The van der Waals surface area contributed by atoms with Gasteiger partial charge in [0.25, 0.3) is 0 Å². The molecule has 78 valence electrons. The molecule has 0 saturated carbocycles. The maximum atomic E-state index is 5.67. The first-order valence-electron chi connectivity index (χ1n) is 5.32. The van der Waals surface area contributed by atoms with Crippen molar-refractivity contribution >= 4 is 0 Å². The SMILES string of the molecule is CN1CCC(Cn2cccc2CN)C1. The van der Waals surface area contributed by atoms with Gasteiger partial charge in [-0.15, -0.1) is 0 Å².